The predicted octanol–water partition coefficient (Wildman–Crippen LogP) is 1.98. The van der Waals surface area contributed by atoms with Crippen molar-refractivity contribution < 1.29 is 22.4 Å². The Morgan fingerprint density at radius 3 is 2.11 bits per heavy atom. The van der Waals surface area contributed by atoms with Crippen LogP contribution in [0.3, 0.4) is 0 Å². The molecule has 0 saturated heterocycles. The number of carbonyl (C=O) groups excluding carboxylic acids is 1. The first-order chi connectivity index (χ1) is 8.07. The summed E-state index contributed by atoms with van der Waals surface area (Å²) < 4.78 is 49.6. The number of rotatable bonds is 7. The van der Waals surface area contributed by atoms with E-state index in [0.29, 0.717) is 13.0 Å². The van der Waals surface area contributed by atoms with E-state index in [0.717, 1.165) is 0 Å². The number of nitrogens with zero attached hydrogens (tertiary/aromatic N) is 1. The summed E-state index contributed by atoms with van der Waals surface area (Å²) in [6, 6.07) is -0.572. The highest BCUT2D eigenvalue weighted by molar-refractivity contribution is 5.84. The maximum atomic E-state index is 12.8. The molecule has 0 aliphatic rings. The molecule has 0 aliphatic heterocycles. The van der Waals surface area contributed by atoms with Crippen LogP contribution in [-0.4, -0.2) is 49.8 Å². The van der Waals surface area contributed by atoms with Gasteiger partial charge in [-0.3, -0.25) is 4.79 Å². The zero-order valence-corrected chi connectivity index (χ0v) is 11.0. The van der Waals surface area contributed by atoms with Crippen molar-refractivity contribution in [2.45, 2.75) is 38.7 Å². The molecule has 1 unspecified atom stereocenters. The first-order valence-corrected chi connectivity index (χ1v) is 5.69. The molecule has 0 saturated carbocycles. The Kier molecular flexibility index (Phi) is 6.59. The van der Waals surface area contributed by atoms with Crippen molar-refractivity contribution in [1.29, 1.82) is 0 Å². The summed E-state index contributed by atoms with van der Waals surface area (Å²) >= 11 is 0. The van der Waals surface area contributed by atoms with Crippen LogP contribution in [0.5, 0.6) is 0 Å². The van der Waals surface area contributed by atoms with Crippen LogP contribution in [0.4, 0.5) is 17.6 Å². The van der Waals surface area contributed by atoms with Gasteiger partial charge < -0.3 is 10.2 Å². The fourth-order valence-corrected chi connectivity index (χ4v) is 1.57. The number of carbonyl (C=O) groups is 1. The van der Waals surface area contributed by atoms with E-state index >= 15 is 0 Å². The molecule has 0 radical (unpaired) electrons. The zero-order chi connectivity index (χ0) is 14.5. The standard InChI is InChI=1S/C11H20F4N2O/c1-7(2)5-8(6-17(3)4)16-10(18)11(14,15)9(12)13/h7-9H,5-6H2,1-4H3,(H,16,18). The largest absolute Gasteiger partial charge is 0.383 e. The van der Waals surface area contributed by atoms with Gasteiger partial charge >= 0.3 is 12.3 Å². The minimum Gasteiger partial charge on any atom is -0.347 e. The molecule has 1 amide bonds. The topological polar surface area (TPSA) is 32.3 Å². The second kappa shape index (κ2) is 6.92. The third kappa shape index (κ3) is 5.66. The van der Waals surface area contributed by atoms with Gasteiger partial charge in [0, 0.05) is 12.6 Å². The van der Waals surface area contributed by atoms with E-state index in [1.54, 1.807) is 19.0 Å². The van der Waals surface area contributed by atoms with E-state index in [4.69, 9.17) is 0 Å². The molecule has 1 N–H and O–H groups in total. The van der Waals surface area contributed by atoms with Crippen molar-refractivity contribution >= 4 is 5.91 Å². The molecule has 0 bridgehead atoms. The van der Waals surface area contributed by atoms with Crippen LogP contribution < -0.4 is 5.32 Å². The van der Waals surface area contributed by atoms with Gasteiger partial charge in [-0.1, -0.05) is 13.8 Å². The van der Waals surface area contributed by atoms with Gasteiger partial charge in [0.25, 0.3) is 5.91 Å². The van der Waals surface area contributed by atoms with Crippen molar-refractivity contribution in [3.05, 3.63) is 0 Å². The number of hydrogen-bond acceptors (Lipinski definition) is 2. The summed E-state index contributed by atoms with van der Waals surface area (Å²) in [5.74, 6) is -6.39. The summed E-state index contributed by atoms with van der Waals surface area (Å²) in [6.07, 6.45) is -3.54. The van der Waals surface area contributed by atoms with E-state index in [2.05, 4.69) is 0 Å². The maximum Gasteiger partial charge on any atom is 0.383 e. The van der Waals surface area contributed by atoms with E-state index < -0.39 is 24.3 Å². The van der Waals surface area contributed by atoms with Gasteiger partial charge in [-0.05, 0) is 26.4 Å². The Labute approximate surface area is 105 Å². The Morgan fingerprint density at radius 1 is 1.28 bits per heavy atom. The minimum absolute atomic E-state index is 0.162. The lowest BCUT2D eigenvalue weighted by Gasteiger charge is -2.25. The quantitative estimate of drug-likeness (QED) is 0.719. The Balaban J connectivity index is 4.61. The van der Waals surface area contributed by atoms with Gasteiger partial charge in [-0.2, -0.15) is 8.78 Å². The highest BCUT2D eigenvalue weighted by Gasteiger charge is 2.49. The number of hydrogen-bond donors (Lipinski definition) is 1. The van der Waals surface area contributed by atoms with Gasteiger partial charge in [-0.25, -0.2) is 8.78 Å². The molecule has 0 aromatic carbocycles. The molecular weight excluding hydrogens is 252 g/mol. The summed E-state index contributed by atoms with van der Waals surface area (Å²) in [7, 11) is 3.43. The van der Waals surface area contributed by atoms with Gasteiger partial charge in [-0.15, -0.1) is 0 Å². The summed E-state index contributed by atoms with van der Waals surface area (Å²) in [5.41, 5.74) is 0. The fraction of sp³-hybridized carbons (Fsp3) is 0.909. The third-order valence-corrected chi connectivity index (χ3v) is 2.25. The molecule has 0 aliphatic carbocycles. The van der Waals surface area contributed by atoms with Crippen molar-refractivity contribution in [1.82, 2.24) is 10.2 Å². The van der Waals surface area contributed by atoms with Crippen LogP contribution in [0.15, 0.2) is 0 Å². The van der Waals surface area contributed by atoms with E-state index in [1.807, 2.05) is 19.2 Å². The van der Waals surface area contributed by atoms with Crippen LogP contribution in [0.2, 0.25) is 0 Å². The second-order valence-electron chi connectivity index (χ2n) is 4.99. The lowest BCUT2D eigenvalue weighted by Crippen LogP contribution is -2.51. The molecule has 0 spiro atoms. The molecule has 0 rings (SSSR count). The highest BCUT2D eigenvalue weighted by atomic mass is 19.3. The summed E-state index contributed by atoms with van der Waals surface area (Å²) in [4.78, 5) is 12.8. The number of nitrogens with one attached hydrogen (secondary N) is 1. The van der Waals surface area contributed by atoms with Crippen LogP contribution in [-0.2, 0) is 4.79 Å². The Hall–Kier alpha value is -0.850. The van der Waals surface area contributed by atoms with Crippen molar-refractivity contribution in [3.8, 4) is 0 Å². The molecule has 0 aromatic heterocycles. The molecule has 0 heterocycles. The number of halogens is 4. The average molecular weight is 272 g/mol. The van der Waals surface area contributed by atoms with Gasteiger partial charge in [0.05, 0.1) is 0 Å². The van der Waals surface area contributed by atoms with Crippen molar-refractivity contribution in [2.75, 3.05) is 20.6 Å². The normalized spacial score (nSPS) is 14.4. The zero-order valence-electron chi connectivity index (χ0n) is 11.0. The molecule has 1 atom stereocenters. The van der Waals surface area contributed by atoms with Gasteiger partial charge in [0.1, 0.15) is 0 Å². The van der Waals surface area contributed by atoms with E-state index in [-0.39, 0.29) is 5.92 Å². The van der Waals surface area contributed by atoms with E-state index in [9.17, 15) is 22.4 Å². The van der Waals surface area contributed by atoms with Crippen molar-refractivity contribution in [3.63, 3.8) is 0 Å². The highest BCUT2D eigenvalue weighted by Crippen LogP contribution is 2.23. The average Bonchev–Trinajstić information content (AvgIpc) is 2.14. The van der Waals surface area contributed by atoms with Crippen LogP contribution in [0.25, 0.3) is 0 Å². The second-order valence-corrected chi connectivity index (χ2v) is 4.99. The molecule has 3 nitrogen and oxygen atoms in total. The molecule has 108 valence electrons. The molecule has 0 fully saturated rings. The van der Waals surface area contributed by atoms with Crippen molar-refractivity contribution in [2.24, 2.45) is 5.92 Å². The van der Waals surface area contributed by atoms with Gasteiger partial charge in [0.2, 0.25) is 0 Å². The fourth-order valence-electron chi connectivity index (χ4n) is 1.57. The first kappa shape index (κ1) is 17.2. The Bertz CT molecular complexity index is 260. The van der Waals surface area contributed by atoms with Crippen LogP contribution in [0.1, 0.15) is 20.3 Å². The first-order valence-electron chi connectivity index (χ1n) is 5.69. The molecule has 7 heteroatoms. The Morgan fingerprint density at radius 2 is 1.78 bits per heavy atom. The SMILES string of the molecule is CC(C)CC(CN(C)C)NC(=O)C(F)(F)C(F)F. The third-order valence-electron chi connectivity index (χ3n) is 2.25. The number of likely N-dealkylation sites (N-methyl/N-ethyl adjacent to an activating group) is 1. The summed E-state index contributed by atoms with van der Waals surface area (Å²) in [5, 5.41) is 1.99. The lowest BCUT2D eigenvalue weighted by atomic mass is 10.0. The maximum absolute atomic E-state index is 12.8. The molecule has 18 heavy (non-hydrogen) atoms. The van der Waals surface area contributed by atoms with Gasteiger partial charge in [0.15, 0.2) is 0 Å². The van der Waals surface area contributed by atoms with E-state index in [1.165, 1.54) is 0 Å². The number of alkyl halides is 4. The lowest BCUT2D eigenvalue weighted by molar-refractivity contribution is -0.170. The molecular formula is C11H20F4N2O. The summed E-state index contributed by atoms with van der Waals surface area (Å²) in [6.45, 7) is 4.05. The smallest absolute Gasteiger partial charge is 0.347 e. The van der Waals surface area contributed by atoms with Crippen LogP contribution in [0, 0.1) is 5.92 Å². The monoisotopic (exact) mass is 272 g/mol. The minimum atomic E-state index is -4.64. The van der Waals surface area contributed by atoms with Crippen LogP contribution >= 0.6 is 0 Å². The number of amides is 1. The molecule has 0 aromatic rings. The predicted molar refractivity (Wildman–Crippen MR) is 60.9 cm³/mol.